The molecule has 0 saturated carbocycles. The van der Waals surface area contributed by atoms with Crippen LogP contribution in [0.3, 0.4) is 0 Å². The average molecular weight is 2060 g/mol. The maximum absolute atomic E-state index is 12.4. The van der Waals surface area contributed by atoms with Crippen LogP contribution in [-0.4, -0.2) is 428 Å². The molecular weight excluding hydrogens is 1880 g/mol. The van der Waals surface area contributed by atoms with Gasteiger partial charge in [0.15, 0.2) is 0 Å². The minimum absolute atomic E-state index is 0. The van der Waals surface area contributed by atoms with Crippen LogP contribution >= 0.6 is 15.9 Å². The van der Waals surface area contributed by atoms with Crippen LogP contribution in [0, 0.1) is 0 Å². The van der Waals surface area contributed by atoms with Gasteiger partial charge in [-0.05, 0) is 201 Å². The summed E-state index contributed by atoms with van der Waals surface area (Å²) in [4.78, 5) is 152. The summed E-state index contributed by atoms with van der Waals surface area (Å²) < 4.78 is 40.8. The number of ether oxygens (including phenoxy) is 7. The van der Waals surface area contributed by atoms with E-state index in [1.165, 1.54) is 19.2 Å². The van der Waals surface area contributed by atoms with Crippen LogP contribution in [0.15, 0.2) is 73.8 Å². The number of piperazine rings is 5. The minimum atomic E-state index is -0.488. The van der Waals surface area contributed by atoms with Crippen molar-refractivity contribution in [2.75, 3.05) is 219 Å². The molecule has 11 fully saturated rings. The molecule has 6 N–H and O–H groups in total. The van der Waals surface area contributed by atoms with Crippen molar-refractivity contribution in [3.8, 4) is 0 Å². The van der Waals surface area contributed by atoms with Crippen LogP contribution in [0.4, 0.5) is 44.9 Å². The van der Waals surface area contributed by atoms with E-state index in [0.29, 0.717) is 115 Å². The monoisotopic (exact) mass is 2060 g/mol. The summed E-state index contributed by atoms with van der Waals surface area (Å²) >= 11 is 3.14. The molecule has 3 aromatic rings. The number of halogens is 1. The van der Waals surface area contributed by atoms with E-state index in [1.807, 2.05) is 89.1 Å². The molecular formula is C100H175BBrN19NaO19. The first-order valence-corrected chi connectivity index (χ1v) is 51.9. The largest absolute Gasteiger partial charge is 1.00 e. The van der Waals surface area contributed by atoms with Gasteiger partial charge in [-0.3, -0.25) is 38.9 Å². The van der Waals surface area contributed by atoms with Gasteiger partial charge in [-0.2, -0.15) is 0 Å². The summed E-state index contributed by atoms with van der Waals surface area (Å²) in [7, 11) is 1.75. The number of hydrogen-bond donors (Lipinski definition) is 6. The Labute approximate surface area is 873 Å². The molecule has 0 aromatic carbocycles. The Morgan fingerprint density at radius 2 is 0.596 bits per heavy atom. The number of hydrogen-bond acceptors (Lipinski definition) is 28. The molecule has 0 spiro atoms. The minimum Gasteiger partial charge on any atom is -1.00 e. The second-order valence-electron chi connectivity index (χ2n) is 41.9. The van der Waals surface area contributed by atoms with E-state index in [9.17, 15) is 58.2 Å². The third kappa shape index (κ3) is 47.3. The Bertz CT molecular complexity index is 4250. The van der Waals surface area contributed by atoms with E-state index in [-0.39, 0.29) is 135 Å². The van der Waals surface area contributed by atoms with Gasteiger partial charge in [-0.15, -0.1) is 0 Å². The third-order valence-electron chi connectivity index (χ3n) is 26.0. The number of carbonyl (C=O) groups is 7. The summed E-state index contributed by atoms with van der Waals surface area (Å²) in [5, 5.41) is 25.1. The molecule has 38 nitrogen and oxygen atoms in total. The van der Waals surface area contributed by atoms with Crippen molar-refractivity contribution in [1.29, 1.82) is 0 Å². The van der Waals surface area contributed by atoms with Gasteiger partial charge in [0.1, 0.15) is 41.2 Å². The number of likely N-dealkylation sites (tertiary alicyclic amines) is 3. The van der Waals surface area contributed by atoms with Crippen molar-refractivity contribution in [2.45, 2.75) is 292 Å². The number of rotatable bonds is 11. The molecule has 0 atom stereocenters. The number of nitrogens with zero attached hydrogens (tertiary/aromatic N) is 15. The molecule has 11 aliphatic rings. The van der Waals surface area contributed by atoms with Gasteiger partial charge in [0.25, 0.3) is 5.56 Å². The topological polar surface area (TPSA) is 382 Å². The summed E-state index contributed by atoms with van der Waals surface area (Å²) in [6.45, 7) is 65.4. The Hall–Kier alpha value is -7.48. The maximum Gasteiger partial charge on any atom is 1.00 e. The molecule has 0 bridgehead atoms. The van der Waals surface area contributed by atoms with Crippen molar-refractivity contribution >= 4 is 78.4 Å². The molecule has 3 radical (unpaired) electrons. The molecule has 11 aliphatic heterocycles. The van der Waals surface area contributed by atoms with Crippen LogP contribution in [0.5, 0.6) is 0 Å². The zero-order valence-corrected chi connectivity index (χ0v) is 92.7. The van der Waals surface area contributed by atoms with Gasteiger partial charge in [-0.25, -0.2) is 33.6 Å². The first-order chi connectivity index (χ1) is 65.6. The Kier molecular flexibility index (Phi) is 55.0. The normalized spacial score (nSPS) is 19.8. The molecule has 795 valence electrons. The van der Waals surface area contributed by atoms with E-state index in [2.05, 4.69) is 140 Å². The van der Waals surface area contributed by atoms with Crippen molar-refractivity contribution in [1.82, 2.24) is 84.0 Å². The van der Waals surface area contributed by atoms with E-state index < -0.39 is 16.8 Å². The maximum atomic E-state index is 12.4. The number of anilines is 2. The number of aliphatic hydroxyl groups is 2. The fourth-order valence-corrected chi connectivity index (χ4v) is 17.5. The van der Waals surface area contributed by atoms with Crippen molar-refractivity contribution in [2.24, 2.45) is 7.05 Å². The van der Waals surface area contributed by atoms with Crippen LogP contribution in [0.1, 0.15) is 210 Å². The SMILES string of the molecule is CC(C)(C)OC(=O)N1CCC(O)CC1.CC(C)(C)OC(=O)N1CCC(O)CC1.CC(C)N1CCN(C(=O)OC2CCN(C(=O)OC(C)(C)C)CC2)CC1.CC(C)N1CCN(C(=O)OC2CCN(c3cc[nH]c(=O)c3)CC2)CC1.CC(C)N1CCN(C(=O)OC2CCN(c3ccn(C)c(=O)c3)CC2)CC1.CC(C)N1CCN(C(=O)OC2CCNCC2)CC1.CC(C)N1CCNCC1.O=c1cc(Br)cc[nH]1.[B].[H-].[Na+]. The number of aryl methyl sites for hydroxylation is 1. The Balaban J connectivity index is 0.000000346. The predicted molar refractivity (Wildman–Crippen MR) is 552 cm³/mol. The average Bonchev–Trinajstić information content (AvgIpc) is 0.839. The second kappa shape index (κ2) is 62.5. The van der Waals surface area contributed by atoms with Gasteiger partial charge < -0.3 is 114 Å². The number of nitrogens with one attached hydrogen (secondary N) is 4. The summed E-state index contributed by atoms with van der Waals surface area (Å²) in [5.74, 6) is 0. The standard InChI is InChI=1S/C19H30N4O3.C18H28N4O3.C18H33N3O4.C13H25N3O2.2C10H19NO3.C7H16N2.C5H4BrNO.B.Na.H/c1-15(2)21-10-12-23(13-11-21)19(25)26-17-5-8-22(9-6-17)16-4-7-20(3)18(24)14-16;1-14(2)20-9-11-22(12-10-20)18(24)25-16-4-7-21(8-5-16)15-3-6-19-17(23)13-15;1-14(2)19-10-12-21(13-11-19)16(22)24-15-6-8-20(9-7-15)17(23)25-18(3,4)5;1-11(2)15-7-9-16(10-8-15)13(17)18-12-3-5-14-6-4-12;2*1-10(2,3)14-9(13)11-6-4-8(12)5-7-11;1-7(2)9-5-3-8-4-6-9;6-4-1-2-7-5(8)3-4;;;/h4,7,14-15,17H,5-6,8-13H2,1-3H3;3,6,13-14,16H,4-5,7-12H2,1-2H3,(H,19,23);14-15H,6-13H2,1-5H3;11-12,14H,3-10H2,1-2H3;2*8,12H,4-7H2,1-3H3;7-8H,3-6H2,1-2H3;1-3H,(H,7,8);;;/q;;;;;;;;;+1;-1. The second-order valence-corrected chi connectivity index (χ2v) is 42.8. The fraction of sp³-hybridized carbons (Fsp3) is 0.780. The van der Waals surface area contributed by atoms with Crippen LogP contribution in [0.25, 0.3) is 0 Å². The molecule has 14 rings (SSSR count). The van der Waals surface area contributed by atoms with E-state index in [4.69, 9.17) is 33.2 Å². The molecule has 0 aliphatic carbocycles. The zero-order valence-electron chi connectivity index (χ0n) is 90.2. The first-order valence-electron chi connectivity index (χ1n) is 51.1. The van der Waals surface area contributed by atoms with Gasteiger partial charge in [0, 0.05) is 333 Å². The van der Waals surface area contributed by atoms with Gasteiger partial charge in [0.05, 0.1) is 12.2 Å². The molecule has 11 saturated heterocycles. The number of H-pyrrole nitrogens is 2. The Morgan fingerprint density at radius 3 is 0.858 bits per heavy atom. The van der Waals surface area contributed by atoms with Gasteiger partial charge in [0.2, 0.25) is 11.1 Å². The number of aromatic nitrogens is 3. The van der Waals surface area contributed by atoms with Crippen LogP contribution < -0.4 is 66.7 Å². The first kappa shape index (κ1) is 124. The number of aliphatic hydroxyl groups excluding tert-OH is 2. The summed E-state index contributed by atoms with van der Waals surface area (Å²) in [5.41, 5.74) is 0.335. The molecule has 41 heteroatoms. The molecule has 3 aromatic heterocycles. The summed E-state index contributed by atoms with van der Waals surface area (Å²) in [6.07, 6.45) is 11.9. The number of aromatic amines is 2. The van der Waals surface area contributed by atoms with E-state index in [1.54, 1.807) is 68.0 Å². The smallest absolute Gasteiger partial charge is 1.00 e. The van der Waals surface area contributed by atoms with Crippen molar-refractivity contribution in [3.63, 3.8) is 0 Å². The summed E-state index contributed by atoms with van der Waals surface area (Å²) in [6, 6.07) is 13.2. The van der Waals surface area contributed by atoms with E-state index >= 15 is 0 Å². The molecule has 14 heterocycles. The Morgan fingerprint density at radius 1 is 0.340 bits per heavy atom. The number of amides is 7. The number of pyridine rings is 3. The van der Waals surface area contributed by atoms with E-state index in [0.717, 1.165) is 204 Å². The fourth-order valence-electron chi connectivity index (χ4n) is 17.1. The number of piperidine rings is 6. The zero-order chi connectivity index (χ0) is 102. The predicted octanol–water partition coefficient (Wildman–Crippen LogP) is 7.40. The number of carbonyl (C=O) groups excluding carboxylic acids is 7. The van der Waals surface area contributed by atoms with Crippen LogP contribution in [0.2, 0.25) is 0 Å². The quantitative estimate of drug-likeness (QED) is 0.0804. The van der Waals surface area contributed by atoms with Crippen molar-refractivity contribution < 1.29 is 108 Å². The van der Waals surface area contributed by atoms with Gasteiger partial charge >= 0.3 is 72.2 Å². The third-order valence-corrected chi connectivity index (χ3v) is 26.5. The molecule has 7 amide bonds. The van der Waals surface area contributed by atoms with Crippen molar-refractivity contribution in [3.05, 3.63) is 90.5 Å². The molecule has 0 unspecified atom stereocenters. The molecule has 141 heavy (non-hydrogen) atoms. The van der Waals surface area contributed by atoms with Gasteiger partial charge in [-0.1, -0.05) is 15.9 Å². The van der Waals surface area contributed by atoms with Crippen LogP contribution in [-0.2, 0) is 40.2 Å².